The monoisotopic (exact) mass is 360 g/mol. The molecule has 0 saturated carbocycles. The number of H-pyrrole nitrogens is 1. The number of halogens is 1. The van der Waals surface area contributed by atoms with Crippen LogP contribution < -0.4 is 5.73 Å². The summed E-state index contributed by atoms with van der Waals surface area (Å²) in [6.07, 6.45) is 1.97. The van der Waals surface area contributed by atoms with Crippen molar-refractivity contribution >= 4 is 28.8 Å². The Hall–Kier alpha value is -2.18. The number of primary amides is 1. The van der Waals surface area contributed by atoms with Crippen LogP contribution in [0.15, 0.2) is 29.8 Å². The minimum absolute atomic E-state index is 0.461. The Bertz CT molecular complexity index is 871. The number of benzene rings is 1. The van der Waals surface area contributed by atoms with E-state index in [0.29, 0.717) is 29.1 Å². The standard InChI is InChI=1S/C17H17ClN4OS/c1-10-15(24-9-20-10)6-5-13-16(17(19)23)14(22-21-13)8-11-3-2-4-12(18)7-11/h2-4,7,9H,5-6,8H2,1H3,(H2,19,23)(H,21,22). The predicted octanol–water partition coefficient (Wildman–Crippen LogP) is 3.30. The summed E-state index contributed by atoms with van der Waals surface area (Å²) in [5.41, 5.74) is 11.3. The van der Waals surface area contributed by atoms with E-state index in [0.717, 1.165) is 23.4 Å². The van der Waals surface area contributed by atoms with Crippen LogP contribution in [-0.2, 0) is 19.3 Å². The Labute approximate surface area is 148 Å². The lowest BCUT2D eigenvalue weighted by Crippen LogP contribution is -2.15. The third kappa shape index (κ3) is 3.66. The molecule has 3 aromatic rings. The third-order valence-corrected chi connectivity index (χ3v) is 5.10. The molecule has 0 aliphatic heterocycles. The average molecular weight is 361 g/mol. The van der Waals surface area contributed by atoms with Crippen LogP contribution in [0.4, 0.5) is 0 Å². The first-order chi connectivity index (χ1) is 11.5. The van der Waals surface area contributed by atoms with Gasteiger partial charge in [-0.2, -0.15) is 5.10 Å². The van der Waals surface area contributed by atoms with Gasteiger partial charge < -0.3 is 5.73 Å². The predicted molar refractivity (Wildman–Crippen MR) is 95.6 cm³/mol. The minimum Gasteiger partial charge on any atom is -0.365 e. The topological polar surface area (TPSA) is 84.7 Å². The van der Waals surface area contributed by atoms with E-state index in [9.17, 15) is 4.79 Å². The normalized spacial score (nSPS) is 10.9. The zero-order valence-electron chi connectivity index (χ0n) is 13.2. The number of rotatable bonds is 6. The molecule has 24 heavy (non-hydrogen) atoms. The van der Waals surface area contributed by atoms with Gasteiger partial charge in [0.15, 0.2) is 0 Å². The second-order valence-electron chi connectivity index (χ2n) is 5.56. The van der Waals surface area contributed by atoms with Crippen LogP contribution in [0, 0.1) is 6.92 Å². The molecule has 5 nitrogen and oxygen atoms in total. The molecular weight excluding hydrogens is 344 g/mol. The molecule has 3 N–H and O–H groups in total. The Morgan fingerprint density at radius 2 is 2.21 bits per heavy atom. The number of carbonyl (C=O) groups excluding carboxylic acids is 1. The highest BCUT2D eigenvalue weighted by molar-refractivity contribution is 7.09. The molecule has 124 valence electrons. The fraction of sp³-hybridized carbons (Fsp3) is 0.235. The maximum Gasteiger partial charge on any atom is 0.252 e. The summed E-state index contributed by atoms with van der Waals surface area (Å²) in [5, 5.41) is 7.93. The molecule has 2 heterocycles. The number of hydrogen-bond acceptors (Lipinski definition) is 4. The maximum atomic E-state index is 11.9. The van der Waals surface area contributed by atoms with Gasteiger partial charge in [-0.15, -0.1) is 11.3 Å². The summed E-state index contributed by atoms with van der Waals surface area (Å²) >= 11 is 7.63. The fourth-order valence-corrected chi connectivity index (χ4v) is 3.66. The zero-order chi connectivity index (χ0) is 17.1. The minimum atomic E-state index is -0.461. The van der Waals surface area contributed by atoms with Crippen molar-refractivity contribution in [1.29, 1.82) is 0 Å². The van der Waals surface area contributed by atoms with E-state index in [1.807, 2.05) is 36.7 Å². The van der Waals surface area contributed by atoms with Gasteiger partial charge in [-0.1, -0.05) is 23.7 Å². The molecule has 0 aliphatic rings. The second-order valence-corrected chi connectivity index (χ2v) is 6.93. The number of carbonyl (C=O) groups is 1. The number of nitrogens with zero attached hydrogens (tertiary/aromatic N) is 2. The first-order valence-corrected chi connectivity index (χ1v) is 8.79. The third-order valence-electron chi connectivity index (χ3n) is 3.87. The van der Waals surface area contributed by atoms with Crippen LogP contribution in [0.25, 0.3) is 0 Å². The van der Waals surface area contributed by atoms with E-state index in [1.54, 1.807) is 11.3 Å². The smallest absolute Gasteiger partial charge is 0.252 e. The van der Waals surface area contributed by atoms with E-state index in [-0.39, 0.29) is 0 Å². The molecule has 7 heteroatoms. The van der Waals surface area contributed by atoms with E-state index < -0.39 is 5.91 Å². The molecule has 0 fully saturated rings. The summed E-state index contributed by atoms with van der Waals surface area (Å²) in [4.78, 5) is 17.4. The largest absolute Gasteiger partial charge is 0.365 e. The highest BCUT2D eigenvalue weighted by atomic mass is 35.5. The van der Waals surface area contributed by atoms with Crippen molar-refractivity contribution in [1.82, 2.24) is 15.2 Å². The molecule has 3 rings (SSSR count). The van der Waals surface area contributed by atoms with Gasteiger partial charge in [0.05, 0.1) is 28.2 Å². The molecule has 0 spiro atoms. The summed E-state index contributed by atoms with van der Waals surface area (Å²) in [7, 11) is 0. The van der Waals surface area contributed by atoms with Crippen molar-refractivity contribution < 1.29 is 4.79 Å². The van der Waals surface area contributed by atoms with Crippen LogP contribution in [-0.4, -0.2) is 21.1 Å². The second kappa shape index (κ2) is 7.15. The molecule has 0 radical (unpaired) electrons. The zero-order valence-corrected chi connectivity index (χ0v) is 14.7. The van der Waals surface area contributed by atoms with Crippen molar-refractivity contribution in [3.8, 4) is 0 Å². The Morgan fingerprint density at radius 3 is 2.88 bits per heavy atom. The fourth-order valence-electron chi connectivity index (χ4n) is 2.67. The SMILES string of the molecule is Cc1ncsc1CCc1n[nH]c(Cc2cccc(Cl)c2)c1C(N)=O. The molecule has 0 atom stereocenters. The summed E-state index contributed by atoms with van der Waals surface area (Å²) in [6, 6.07) is 7.52. The Balaban J connectivity index is 1.82. The molecule has 1 amide bonds. The molecule has 0 aliphatic carbocycles. The quantitative estimate of drug-likeness (QED) is 0.707. The highest BCUT2D eigenvalue weighted by Gasteiger charge is 2.18. The summed E-state index contributed by atoms with van der Waals surface area (Å²) < 4.78 is 0. The lowest BCUT2D eigenvalue weighted by molar-refractivity contribution is 0.0998. The van der Waals surface area contributed by atoms with E-state index in [4.69, 9.17) is 17.3 Å². The van der Waals surface area contributed by atoms with Gasteiger partial charge in [-0.25, -0.2) is 4.98 Å². The first kappa shape index (κ1) is 16.7. The number of aromatic nitrogens is 3. The van der Waals surface area contributed by atoms with Gasteiger partial charge >= 0.3 is 0 Å². The number of aryl methyl sites for hydroxylation is 3. The molecule has 0 saturated heterocycles. The average Bonchev–Trinajstić information content (AvgIpc) is 3.11. The van der Waals surface area contributed by atoms with Gasteiger partial charge in [0.2, 0.25) is 0 Å². The first-order valence-electron chi connectivity index (χ1n) is 7.54. The van der Waals surface area contributed by atoms with Gasteiger partial charge in [0.1, 0.15) is 0 Å². The maximum absolute atomic E-state index is 11.9. The molecule has 0 bridgehead atoms. The van der Waals surface area contributed by atoms with Crippen molar-refractivity contribution in [3.05, 3.63) is 67.9 Å². The van der Waals surface area contributed by atoms with Crippen LogP contribution in [0.5, 0.6) is 0 Å². The van der Waals surface area contributed by atoms with Crippen molar-refractivity contribution in [3.63, 3.8) is 0 Å². The van der Waals surface area contributed by atoms with Crippen LogP contribution in [0.2, 0.25) is 5.02 Å². The summed E-state index contributed by atoms with van der Waals surface area (Å²) in [5.74, 6) is -0.461. The number of thiazole rings is 1. The van der Waals surface area contributed by atoms with Gasteiger partial charge in [-0.3, -0.25) is 9.89 Å². The van der Waals surface area contributed by atoms with E-state index >= 15 is 0 Å². The lowest BCUT2D eigenvalue weighted by Gasteiger charge is -2.04. The van der Waals surface area contributed by atoms with Crippen molar-refractivity contribution in [2.45, 2.75) is 26.2 Å². The molecule has 1 aromatic carbocycles. The van der Waals surface area contributed by atoms with Crippen LogP contribution in [0.1, 0.15) is 37.9 Å². The molecule has 2 aromatic heterocycles. The van der Waals surface area contributed by atoms with Gasteiger partial charge in [0.25, 0.3) is 5.91 Å². The number of nitrogens with one attached hydrogen (secondary N) is 1. The molecular formula is C17H17ClN4OS. The van der Waals surface area contributed by atoms with E-state index in [1.165, 1.54) is 4.88 Å². The van der Waals surface area contributed by atoms with Gasteiger partial charge in [-0.05, 0) is 37.5 Å². The van der Waals surface area contributed by atoms with E-state index in [2.05, 4.69) is 15.2 Å². The number of amides is 1. The van der Waals surface area contributed by atoms with Crippen molar-refractivity contribution in [2.75, 3.05) is 0 Å². The van der Waals surface area contributed by atoms with Crippen LogP contribution >= 0.6 is 22.9 Å². The lowest BCUT2D eigenvalue weighted by atomic mass is 10.0. The van der Waals surface area contributed by atoms with Gasteiger partial charge in [0, 0.05) is 16.3 Å². The number of aromatic amines is 1. The number of hydrogen-bond donors (Lipinski definition) is 2. The van der Waals surface area contributed by atoms with Crippen LogP contribution in [0.3, 0.4) is 0 Å². The summed E-state index contributed by atoms with van der Waals surface area (Å²) in [6.45, 7) is 1.98. The Morgan fingerprint density at radius 1 is 1.38 bits per heavy atom. The number of nitrogens with two attached hydrogens (primary N) is 1. The van der Waals surface area contributed by atoms with Crippen molar-refractivity contribution in [2.24, 2.45) is 5.73 Å². The Kier molecular flexibility index (Phi) is 4.97. The highest BCUT2D eigenvalue weighted by Crippen LogP contribution is 2.21. The molecule has 0 unspecified atom stereocenters.